The molecule has 0 aliphatic heterocycles. The molecule has 0 fully saturated rings. The zero-order valence-corrected chi connectivity index (χ0v) is 11.2. The standard InChI is InChI=1S/C12H18BrNO2/c1-3-14(6-7-15)12-5-4-10(9(2)16)8-11(12)13/h4-5,8-9,15-16H,3,6-7H2,1-2H3/t9-/m1/s1. The summed E-state index contributed by atoms with van der Waals surface area (Å²) < 4.78 is 0.946. The van der Waals surface area contributed by atoms with E-state index in [-0.39, 0.29) is 6.61 Å². The number of benzene rings is 1. The molecule has 90 valence electrons. The van der Waals surface area contributed by atoms with Crippen LogP contribution in [0.25, 0.3) is 0 Å². The van der Waals surface area contributed by atoms with Crippen LogP contribution in [0.4, 0.5) is 5.69 Å². The first-order valence-electron chi connectivity index (χ1n) is 5.43. The van der Waals surface area contributed by atoms with Crippen molar-refractivity contribution >= 4 is 21.6 Å². The molecule has 3 nitrogen and oxygen atoms in total. The molecule has 0 radical (unpaired) electrons. The molecule has 0 unspecified atom stereocenters. The highest BCUT2D eigenvalue weighted by Crippen LogP contribution is 2.29. The lowest BCUT2D eigenvalue weighted by molar-refractivity contribution is 0.199. The van der Waals surface area contributed by atoms with Gasteiger partial charge in [-0.15, -0.1) is 0 Å². The van der Waals surface area contributed by atoms with Crippen LogP contribution in [0.2, 0.25) is 0 Å². The first kappa shape index (κ1) is 13.5. The molecule has 0 aliphatic rings. The molecule has 1 rings (SSSR count). The minimum Gasteiger partial charge on any atom is -0.395 e. The fourth-order valence-corrected chi connectivity index (χ4v) is 2.26. The summed E-state index contributed by atoms with van der Waals surface area (Å²) in [7, 11) is 0. The van der Waals surface area contributed by atoms with Crippen LogP contribution in [0.5, 0.6) is 0 Å². The maximum Gasteiger partial charge on any atom is 0.0762 e. The van der Waals surface area contributed by atoms with Crippen LogP contribution >= 0.6 is 15.9 Å². The van der Waals surface area contributed by atoms with Gasteiger partial charge >= 0.3 is 0 Å². The second-order valence-electron chi connectivity index (χ2n) is 3.69. The highest BCUT2D eigenvalue weighted by Gasteiger charge is 2.10. The number of halogens is 1. The van der Waals surface area contributed by atoms with Crippen LogP contribution in [0.3, 0.4) is 0 Å². The molecule has 2 N–H and O–H groups in total. The fraction of sp³-hybridized carbons (Fsp3) is 0.500. The number of rotatable bonds is 5. The third-order valence-electron chi connectivity index (χ3n) is 2.55. The summed E-state index contributed by atoms with van der Waals surface area (Å²) in [6.45, 7) is 5.38. The summed E-state index contributed by atoms with van der Waals surface area (Å²) in [6, 6.07) is 5.79. The van der Waals surface area contributed by atoms with Gasteiger partial charge in [-0.2, -0.15) is 0 Å². The van der Waals surface area contributed by atoms with E-state index in [9.17, 15) is 5.11 Å². The van der Waals surface area contributed by atoms with Gasteiger partial charge in [0.05, 0.1) is 18.4 Å². The third kappa shape index (κ3) is 3.20. The molecule has 0 aromatic heterocycles. The zero-order chi connectivity index (χ0) is 12.1. The number of nitrogens with zero attached hydrogens (tertiary/aromatic N) is 1. The van der Waals surface area contributed by atoms with Crippen LogP contribution in [0.15, 0.2) is 22.7 Å². The molecule has 0 heterocycles. The van der Waals surface area contributed by atoms with E-state index >= 15 is 0 Å². The van der Waals surface area contributed by atoms with Gasteiger partial charge in [0.15, 0.2) is 0 Å². The number of aliphatic hydroxyl groups excluding tert-OH is 2. The van der Waals surface area contributed by atoms with Crippen LogP contribution in [-0.2, 0) is 0 Å². The molecule has 1 aromatic rings. The van der Waals surface area contributed by atoms with Crippen LogP contribution < -0.4 is 4.90 Å². The number of hydrogen-bond donors (Lipinski definition) is 2. The van der Waals surface area contributed by atoms with Gasteiger partial charge < -0.3 is 15.1 Å². The molecule has 0 saturated carbocycles. The van der Waals surface area contributed by atoms with Crippen molar-refractivity contribution in [2.45, 2.75) is 20.0 Å². The van der Waals surface area contributed by atoms with E-state index in [4.69, 9.17) is 5.11 Å². The molecule has 1 atom stereocenters. The van der Waals surface area contributed by atoms with Crippen molar-refractivity contribution in [3.05, 3.63) is 28.2 Å². The smallest absolute Gasteiger partial charge is 0.0762 e. The Labute approximate surface area is 105 Å². The second-order valence-corrected chi connectivity index (χ2v) is 4.54. The van der Waals surface area contributed by atoms with E-state index < -0.39 is 6.10 Å². The predicted octanol–water partition coefficient (Wildman–Crippen LogP) is 2.32. The Hall–Kier alpha value is -0.580. The summed E-state index contributed by atoms with van der Waals surface area (Å²) in [6.07, 6.45) is -0.460. The van der Waals surface area contributed by atoms with Crippen molar-refractivity contribution in [1.29, 1.82) is 0 Å². The lowest BCUT2D eigenvalue weighted by Crippen LogP contribution is -2.26. The van der Waals surface area contributed by atoms with E-state index in [0.717, 1.165) is 22.3 Å². The highest BCUT2D eigenvalue weighted by molar-refractivity contribution is 9.10. The Morgan fingerprint density at radius 1 is 1.44 bits per heavy atom. The van der Waals surface area contributed by atoms with E-state index in [0.29, 0.717) is 6.54 Å². The monoisotopic (exact) mass is 287 g/mol. The predicted molar refractivity (Wildman–Crippen MR) is 69.7 cm³/mol. The van der Waals surface area contributed by atoms with Crippen molar-refractivity contribution in [2.75, 3.05) is 24.6 Å². The third-order valence-corrected chi connectivity index (χ3v) is 3.18. The van der Waals surface area contributed by atoms with Crippen LogP contribution in [-0.4, -0.2) is 29.9 Å². The minimum atomic E-state index is -0.460. The van der Waals surface area contributed by atoms with Gasteiger partial charge in [-0.3, -0.25) is 0 Å². The molecule has 1 aromatic carbocycles. The van der Waals surface area contributed by atoms with Crippen LogP contribution in [0.1, 0.15) is 25.5 Å². The van der Waals surface area contributed by atoms with Gasteiger partial charge in [0.25, 0.3) is 0 Å². The highest BCUT2D eigenvalue weighted by atomic mass is 79.9. The molecule has 16 heavy (non-hydrogen) atoms. The summed E-state index contributed by atoms with van der Waals surface area (Å²) in [4.78, 5) is 2.08. The Balaban J connectivity index is 2.96. The minimum absolute atomic E-state index is 0.137. The number of aliphatic hydroxyl groups is 2. The van der Waals surface area contributed by atoms with Gasteiger partial charge in [0, 0.05) is 17.6 Å². The summed E-state index contributed by atoms with van der Waals surface area (Å²) >= 11 is 3.49. The molecule has 0 spiro atoms. The lowest BCUT2D eigenvalue weighted by Gasteiger charge is -2.24. The number of likely N-dealkylation sites (N-methyl/N-ethyl adjacent to an activating group) is 1. The largest absolute Gasteiger partial charge is 0.395 e. The van der Waals surface area contributed by atoms with E-state index in [1.54, 1.807) is 6.92 Å². The van der Waals surface area contributed by atoms with Gasteiger partial charge in [-0.1, -0.05) is 6.07 Å². The summed E-state index contributed by atoms with van der Waals surface area (Å²) in [5.41, 5.74) is 1.93. The van der Waals surface area contributed by atoms with E-state index in [2.05, 4.69) is 20.8 Å². The van der Waals surface area contributed by atoms with Crippen molar-refractivity contribution < 1.29 is 10.2 Å². The summed E-state index contributed by atoms with van der Waals surface area (Å²) in [5, 5.41) is 18.4. The lowest BCUT2D eigenvalue weighted by atomic mass is 10.1. The van der Waals surface area contributed by atoms with Gasteiger partial charge in [0.1, 0.15) is 0 Å². The molecular formula is C12H18BrNO2. The quantitative estimate of drug-likeness (QED) is 0.874. The summed E-state index contributed by atoms with van der Waals surface area (Å²) in [5.74, 6) is 0. The first-order valence-corrected chi connectivity index (χ1v) is 6.22. The molecule has 0 bridgehead atoms. The normalized spacial score (nSPS) is 12.6. The maximum absolute atomic E-state index is 9.46. The Kier molecular flexibility index (Phi) is 5.25. The van der Waals surface area contributed by atoms with Crippen molar-refractivity contribution in [3.8, 4) is 0 Å². The SMILES string of the molecule is CCN(CCO)c1ccc([C@@H](C)O)cc1Br. The topological polar surface area (TPSA) is 43.7 Å². The molecular weight excluding hydrogens is 270 g/mol. The molecule has 0 saturated heterocycles. The van der Waals surface area contributed by atoms with E-state index in [1.807, 2.05) is 25.1 Å². The number of hydrogen-bond acceptors (Lipinski definition) is 3. The van der Waals surface area contributed by atoms with Gasteiger partial charge in [-0.05, 0) is 47.5 Å². The van der Waals surface area contributed by atoms with E-state index in [1.165, 1.54) is 0 Å². The average molecular weight is 288 g/mol. The Morgan fingerprint density at radius 3 is 2.56 bits per heavy atom. The van der Waals surface area contributed by atoms with Crippen molar-refractivity contribution in [1.82, 2.24) is 0 Å². The first-order chi connectivity index (χ1) is 7.60. The number of anilines is 1. The average Bonchev–Trinajstić information content (AvgIpc) is 2.26. The van der Waals surface area contributed by atoms with Gasteiger partial charge in [-0.25, -0.2) is 0 Å². The molecule has 4 heteroatoms. The van der Waals surface area contributed by atoms with Crippen molar-refractivity contribution in [3.63, 3.8) is 0 Å². The zero-order valence-electron chi connectivity index (χ0n) is 9.65. The second kappa shape index (κ2) is 6.23. The Morgan fingerprint density at radius 2 is 2.12 bits per heavy atom. The molecule has 0 aliphatic carbocycles. The van der Waals surface area contributed by atoms with Crippen LogP contribution in [0, 0.1) is 0 Å². The van der Waals surface area contributed by atoms with Gasteiger partial charge in [0.2, 0.25) is 0 Å². The fourth-order valence-electron chi connectivity index (χ4n) is 1.61. The maximum atomic E-state index is 9.46. The molecule has 0 amide bonds. The van der Waals surface area contributed by atoms with Crippen molar-refractivity contribution in [2.24, 2.45) is 0 Å². The Bertz CT molecular complexity index is 342.